The van der Waals surface area contributed by atoms with E-state index in [2.05, 4.69) is 42.2 Å². The number of ether oxygens (including phenoxy) is 5. The Hall–Kier alpha value is -5.92. The molecule has 4 aromatic rings. The van der Waals surface area contributed by atoms with Gasteiger partial charge in [-0.3, -0.25) is 4.79 Å². The van der Waals surface area contributed by atoms with Gasteiger partial charge >= 0.3 is 24.1 Å². The number of rotatable bonds is 18. The van der Waals surface area contributed by atoms with Gasteiger partial charge in [-0.2, -0.15) is 13.2 Å². The van der Waals surface area contributed by atoms with Gasteiger partial charge in [0.15, 0.2) is 0 Å². The molecule has 0 bridgehead atoms. The molecule has 0 aliphatic heterocycles. The summed E-state index contributed by atoms with van der Waals surface area (Å²) in [5, 5.41) is 17.6. The molecule has 3 aliphatic rings. The maximum absolute atomic E-state index is 13.5. The summed E-state index contributed by atoms with van der Waals surface area (Å²) in [5.74, 6) is -0.170. The van der Waals surface area contributed by atoms with E-state index in [-0.39, 0.29) is 42.7 Å². The second-order valence-corrected chi connectivity index (χ2v) is 18.0. The Morgan fingerprint density at radius 3 is 1.78 bits per heavy atom. The lowest BCUT2D eigenvalue weighted by Crippen LogP contribution is -2.32. The molecule has 0 amide bonds. The van der Waals surface area contributed by atoms with Crippen LogP contribution >= 0.6 is 0 Å². The molecule has 0 heterocycles. The van der Waals surface area contributed by atoms with Crippen LogP contribution in [-0.4, -0.2) is 69.0 Å². The number of carbonyl (C=O) groups is 3. The van der Waals surface area contributed by atoms with Gasteiger partial charge < -0.3 is 34.5 Å². The van der Waals surface area contributed by atoms with Crippen molar-refractivity contribution in [2.24, 2.45) is 23.7 Å². The molecule has 0 unspecified atom stereocenters. The molecule has 0 saturated heterocycles. The molecule has 0 atom stereocenters. The number of fused-ring (bicyclic) bond motifs is 1. The first-order valence-electron chi connectivity index (χ1n) is 23.3. The lowest BCUT2D eigenvalue weighted by Gasteiger charge is -2.37. The Morgan fingerprint density at radius 1 is 0.672 bits per heavy atom. The number of hydrogen-bond donors (Lipinski definition) is 2. The number of benzene rings is 4. The van der Waals surface area contributed by atoms with Crippen molar-refractivity contribution in [1.29, 1.82) is 10.8 Å². The second-order valence-electron chi connectivity index (χ2n) is 18.0. The van der Waals surface area contributed by atoms with E-state index < -0.39 is 23.7 Å². The maximum Gasteiger partial charge on any atom is 0.422 e. The number of esters is 3. The topological polar surface area (TPSA) is 145 Å². The Balaban J connectivity index is 0.882. The SMILES string of the molecule is C=CCOCC1CCC(c2ccc(-c3ccc(C(=O)Oc4ccc5c(C=N)c(OC(=O)C6CCC(C7CCC(OCCOC(=O)C(=C)C(F)(F)F)CC7)CC6)ccc5c4C=N)cc3)cc2)CC1. The standard InChI is InChI=1S/C54H59F3N2O8/c1-3-28-63-33-35-4-6-36(7-5-35)37-8-10-38(11-9-37)39-12-16-42(17-13-39)52(61)66-49-26-24-46-45(47(49)31-58)25-27-50(48(46)32-59)67-53(62)43-18-14-40(15-19-43)41-20-22-44(23-21-41)64-29-30-65-51(60)34(2)54(55,56)57/h3,8-13,16-17,24-27,31-32,35-36,40-41,43-44,58-59H,1-2,4-7,14-15,18-23,28-30,33H2. The van der Waals surface area contributed by atoms with Gasteiger partial charge in [0.2, 0.25) is 0 Å². The summed E-state index contributed by atoms with van der Waals surface area (Å²) in [6, 6.07) is 22.6. The Bertz CT molecular complexity index is 2410. The van der Waals surface area contributed by atoms with E-state index in [0.29, 0.717) is 70.6 Å². The van der Waals surface area contributed by atoms with Crippen LogP contribution < -0.4 is 9.47 Å². The van der Waals surface area contributed by atoms with Crippen molar-refractivity contribution < 1.29 is 51.2 Å². The molecule has 2 N–H and O–H groups in total. The highest BCUT2D eigenvalue weighted by atomic mass is 19.4. The average molecular weight is 921 g/mol. The van der Waals surface area contributed by atoms with Crippen molar-refractivity contribution in [3.05, 3.63) is 120 Å². The van der Waals surface area contributed by atoms with E-state index in [1.807, 2.05) is 12.1 Å². The van der Waals surface area contributed by atoms with Crippen molar-refractivity contribution in [3.63, 3.8) is 0 Å². The van der Waals surface area contributed by atoms with E-state index in [4.69, 9.17) is 29.8 Å². The molecule has 3 aliphatic carbocycles. The van der Waals surface area contributed by atoms with Gasteiger partial charge in [-0.15, -0.1) is 6.58 Å². The van der Waals surface area contributed by atoms with Crippen LogP contribution in [0.4, 0.5) is 13.2 Å². The zero-order valence-corrected chi connectivity index (χ0v) is 37.8. The summed E-state index contributed by atoms with van der Waals surface area (Å²) in [5.41, 5.74) is 2.94. The van der Waals surface area contributed by atoms with Crippen LogP contribution in [0.15, 0.2) is 97.6 Å². The third kappa shape index (κ3) is 12.4. The summed E-state index contributed by atoms with van der Waals surface area (Å²) >= 11 is 0. The fourth-order valence-corrected chi connectivity index (χ4v) is 10.1. The molecule has 3 fully saturated rings. The van der Waals surface area contributed by atoms with Gasteiger partial charge in [-0.1, -0.05) is 49.1 Å². The smallest absolute Gasteiger partial charge is 0.422 e. The summed E-state index contributed by atoms with van der Waals surface area (Å²) in [7, 11) is 0. The molecule has 67 heavy (non-hydrogen) atoms. The van der Waals surface area contributed by atoms with E-state index in [0.717, 1.165) is 94.4 Å². The minimum absolute atomic E-state index is 0.0136. The molecular formula is C54H59F3N2O8. The first-order valence-corrected chi connectivity index (χ1v) is 23.3. The zero-order valence-electron chi connectivity index (χ0n) is 37.8. The monoisotopic (exact) mass is 920 g/mol. The summed E-state index contributed by atoms with van der Waals surface area (Å²) < 4.78 is 65.7. The van der Waals surface area contributed by atoms with Crippen LogP contribution in [0.3, 0.4) is 0 Å². The summed E-state index contributed by atoms with van der Waals surface area (Å²) in [6.07, 6.45) is 10.4. The van der Waals surface area contributed by atoms with Crippen molar-refractivity contribution in [2.75, 3.05) is 26.4 Å². The number of hydrogen-bond acceptors (Lipinski definition) is 10. The van der Waals surface area contributed by atoms with Crippen LogP contribution in [0.2, 0.25) is 0 Å². The predicted octanol–water partition coefficient (Wildman–Crippen LogP) is 12.1. The quantitative estimate of drug-likeness (QED) is 0.0251. The fourth-order valence-electron chi connectivity index (χ4n) is 10.1. The molecule has 354 valence electrons. The van der Waals surface area contributed by atoms with Gasteiger partial charge in [0.05, 0.1) is 30.8 Å². The summed E-state index contributed by atoms with van der Waals surface area (Å²) in [6.45, 7) is 7.60. The Morgan fingerprint density at radius 2 is 1.22 bits per heavy atom. The first-order chi connectivity index (χ1) is 32.4. The Kier molecular flexibility index (Phi) is 16.6. The van der Waals surface area contributed by atoms with Crippen LogP contribution in [0.25, 0.3) is 21.9 Å². The zero-order chi connectivity index (χ0) is 47.5. The number of nitrogens with one attached hydrogen (secondary N) is 2. The summed E-state index contributed by atoms with van der Waals surface area (Å²) in [4.78, 5) is 38.4. The van der Waals surface area contributed by atoms with Gasteiger partial charge in [0.25, 0.3) is 0 Å². The van der Waals surface area contributed by atoms with Gasteiger partial charge in [0.1, 0.15) is 23.7 Å². The lowest BCUT2D eigenvalue weighted by molar-refractivity contribution is -0.152. The number of alkyl halides is 3. The minimum Gasteiger partial charge on any atom is -0.460 e. The molecule has 0 aromatic heterocycles. The molecule has 4 aromatic carbocycles. The van der Waals surface area contributed by atoms with Crippen LogP contribution in [-0.2, 0) is 23.8 Å². The normalized spacial score (nSPS) is 22.0. The highest BCUT2D eigenvalue weighted by Crippen LogP contribution is 2.42. The number of carbonyl (C=O) groups excluding carboxylic acids is 3. The van der Waals surface area contributed by atoms with Gasteiger partial charge in [-0.05, 0) is 165 Å². The number of halogens is 3. The van der Waals surface area contributed by atoms with Gasteiger partial charge in [-0.25, -0.2) is 9.59 Å². The predicted molar refractivity (Wildman–Crippen MR) is 251 cm³/mol. The second kappa shape index (κ2) is 22.7. The van der Waals surface area contributed by atoms with Crippen LogP contribution in [0.5, 0.6) is 11.5 Å². The van der Waals surface area contributed by atoms with Crippen LogP contribution in [0.1, 0.15) is 110 Å². The Labute approximate surface area is 389 Å². The molecular weight excluding hydrogens is 862 g/mol. The van der Waals surface area contributed by atoms with Crippen molar-refractivity contribution in [3.8, 4) is 22.6 Å². The highest BCUT2D eigenvalue weighted by molar-refractivity contribution is 6.10. The van der Waals surface area contributed by atoms with Crippen molar-refractivity contribution >= 4 is 41.1 Å². The van der Waals surface area contributed by atoms with E-state index in [1.165, 1.54) is 5.56 Å². The molecule has 7 rings (SSSR count). The van der Waals surface area contributed by atoms with Crippen molar-refractivity contribution in [2.45, 2.75) is 95.2 Å². The minimum atomic E-state index is -4.83. The fraction of sp³-hybridized carbons (Fsp3) is 0.426. The molecule has 13 heteroatoms. The molecule has 0 radical (unpaired) electrons. The van der Waals surface area contributed by atoms with Gasteiger partial charge in [0, 0.05) is 30.2 Å². The first kappa shape index (κ1) is 49.0. The molecule has 10 nitrogen and oxygen atoms in total. The average Bonchev–Trinajstić information content (AvgIpc) is 3.35. The highest BCUT2D eigenvalue weighted by Gasteiger charge is 2.38. The molecule has 0 spiro atoms. The third-order valence-corrected chi connectivity index (χ3v) is 13.9. The van der Waals surface area contributed by atoms with E-state index in [9.17, 15) is 27.6 Å². The largest absolute Gasteiger partial charge is 0.460 e. The van der Waals surface area contributed by atoms with E-state index in [1.54, 1.807) is 42.5 Å². The molecule has 3 saturated carbocycles. The maximum atomic E-state index is 13.5. The van der Waals surface area contributed by atoms with E-state index >= 15 is 0 Å². The van der Waals surface area contributed by atoms with Crippen LogP contribution in [0, 0.1) is 34.5 Å². The lowest BCUT2D eigenvalue weighted by atomic mass is 9.70. The third-order valence-electron chi connectivity index (χ3n) is 13.9. The van der Waals surface area contributed by atoms with Crippen molar-refractivity contribution in [1.82, 2.24) is 0 Å².